The number of phenolic OH excluding ortho intramolecular Hbond substituents is 3. The van der Waals surface area contributed by atoms with Crippen molar-refractivity contribution in [2.24, 2.45) is 0 Å². The van der Waals surface area contributed by atoms with Gasteiger partial charge in [0.25, 0.3) is 0 Å². The van der Waals surface area contributed by atoms with E-state index in [0.29, 0.717) is 29.0 Å². The predicted octanol–water partition coefficient (Wildman–Crippen LogP) is 5.39. The van der Waals surface area contributed by atoms with Gasteiger partial charge in [-0.15, -0.1) is 6.58 Å². The number of benzene rings is 2. The largest absolute Gasteiger partial charge is 0.504 e. The lowest BCUT2D eigenvalue weighted by Crippen LogP contribution is -2.23. The molecule has 0 amide bonds. The molecule has 4 rings (SSSR count). The summed E-state index contributed by atoms with van der Waals surface area (Å²) in [5.41, 5.74) is 3.52. The average Bonchev–Trinajstić information content (AvgIpc) is 3.14. The van der Waals surface area contributed by atoms with Crippen molar-refractivity contribution in [3.8, 4) is 34.5 Å². The van der Waals surface area contributed by atoms with Gasteiger partial charge in [-0.3, -0.25) is 0 Å². The van der Waals surface area contributed by atoms with Gasteiger partial charge in [0.15, 0.2) is 23.0 Å². The molecule has 2 aliphatic rings. The van der Waals surface area contributed by atoms with E-state index in [4.69, 9.17) is 14.2 Å². The van der Waals surface area contributed by atoms with Gasteiger partial charge in [0, 0.05) is 27.7 Å². The summed E-state index contributed by atoms with van der Waals surface area (Å²) in [7, 11) is 1.51. The van der Waals surface area contributed by atoms with Crippen LogP contribution in [0.2, 0.25) is 0 Å². The smallest absolute Gasteiger partial charge is 0.201 e. The first-order valence-electron chi connectivity index (χ1n) is 10.7. The Bertz CT molecular complexity index is 1120. The van der Waals surface area contributed by atoms with E-state index in [1.165, 1.54) is 7.11 Å². The summed E-state index contributed by atoms with van der Waals surface area (Å²) in [6.07, 6.45) is 3.79. The van der Waals surface area contributed by atoms with Crippen molar-refractivity contribution >= 4 is 0 Å². The Hall–Kier alpha value is -3.28. The Morgan fingerprint density at radius 3 is 2.47 bits per heavy atom. The summed E-state index contributed by atoms with van der Waals surface area (Å²) >= 11 is 0. The van der Waals surface area contributed by atoms with Gasteiger partial charge in [-0.05, 0) is 32.4 Å². The minimum atomic E-state index is -0.469. The third kappa shape index (κ3) is 3.25. The van der Waals surface area contributed by atoms with Crippen LogP contribution >= 0.6 is 0 Å². The summed E-state index contributed by atoms with van der Waals surface area (Å²) in [4.78, 5) is 0. The van der Waals surface area contributed by atoms with Gasteiger partial charge in [0.1, 0.15) is 6.10 Å². The Morgan fingerprint density at radius 1 is 1.12 bits per heavy atom. The van der Waals surface area contributed by atoms with Gasteiger partial charge < -0.3 is 29.5 Å². The Kier molecular flexibility index (Phi) is 5.27. The van der Waals surface area contributed by atoms with Crippen LogP contribution in [0.15, 0.2) is 36.4 Å². The zero-order chi connectivity index (χ0) is 23.4. The van der Waals surface area contributed by atoms with Crippen molar-refractivity contribution in [2.45, 2.75) is 51.6 Å². The van der Waals surface area contributed by atoms with Crippen molar-refractivity contribution < 1.29 is 29.5 Å². The zero-order valence-corrected chi connectivity index (χ0v) is 19.2. The van der Waals surface area contributed by atoms with Crippen LogP contribution in [-0.4, -0.2) is 29.0 Å². The third-order valence-electron chi connectivity index (χ3n) is 6.43. The molecular formula is C26H30O6. The summed E-state index contributed by atoms with van der Waals surface area (Å²) < 4.78 is 17.7. The van der Waals surface area contributed by atoms with Gasteiger partial charge in [-0.1, -0.05) is 31.6 Å². The van der Waals surface area contributed by atoms with Crippen molar-refractivity contribution in [1.29, 1.82) is 0 Å². The molecule has 6 nitrogen and oxygen atoms in total. The summed E-state index contributed by atoms with van der Waals surface area (Å²) in [6.45, 7) is 12.1. The van der Waals surface area contributed by atoms with Crippen LogP contribution in [0, 0.1) is 0 Å². The minimum Gasteiger partial charge on any atom is -0.504 e. The molecule has 0 spiro atoms. The second-order valence-corrected chi connectivity index (χ2v) is 9.24. The van der Waals surface area contributed by atoms with E-state index >= 15 is 0 Å². The Balaban J connectivity index is 1.85. The van der Waals surface area contributed by atoms with Gasteiger partial charge in [0.2, 0.25) is 11.5 Å². The second kappa shape index (κ2) is 7.69. The number of hydrogen-bond donors (Lipinski definition) is 3. The van der Waals surface area contributed by atoms with E-state index in [-0.39, 0.29) is 35.5 Å². The molecule has 0 radical (unpaired) electrons. The zero-order valence-electron chi connectivity index (χ0n) is 19.2. The van der Waals surface area contributed by atoms with E-state index in [9.17, 15) is 15.3 Å². The molecule has 0 aromatic heterocycles. The number of rotatable bonds is 5. The second-order valence-electron chi connectivity index (χ2n) is 9.24. The molecule has 0 saturated carbocycles. The van der Waals surface area contributed by atoms with Crippen LogP contribution in [0.5, 0.6) is 34.5 Å². The maximum Gasteiger partial charge on any atom is 0.201 e. The molecule has 0 fully saturated rings. The highest BCUT2D eigenvalue weighted by Gasteiger charge is 2.45. The monoisotopic (exact) mass is 438 g/mol. The first-order chi connectivity index (χ1) is 15.1. The lowest BCUT2D eigenvalue weighted by atomic mass is 9.80. The summed E-state index contributed by atoms with van der Waals surface area (Å²) in [5, 5.41) is 32.1. The number of phenols is 3. The highest BCUT2D eigenvalue weighted by molar-refractivity contribution is 5.67. The van der Waals surface area contributed by atoms with Gasteiger partial charge in [-0.2, -0.15) is 0 Å². The van der Waals surface area contributed by atoms with Crippen LogP contribution in [0.3, 0.4) is 0 Å². The van der Waals surface area contributed by atoms with Crippen LogP contribution in [0.4, 0.5) is 0 Å². The van der Waals surface area contributed by atoms with Gasteiger partial charge in [-0.25, -0.2) is 0 Å². The van der Waals surface area contributed by atoms with Crippen molar-refractivity contribution in [2.75, 3.05) is 13.7 Å². The lowest BCUT2D eigenvalue weighted by Gasteiger charge is -2.29. The molecular weight excluding hydrogens is 408 g/mol. The van der Waals surface area contributed by atoms with Crippen LogP contribution in [0.25, 0.3) is 0 Å². The molecule has 2 atom stereocenters. The van der Waals surface area contributed by atoms with E-state index in [1.54, 1.807) is 0 Å². The first-order valence-corrected chi connectivity index (χ1v) is 10.7. The molecule has 2 aliphatic heterocycles. The first kappa shape index (κ1) is 21.9. The topological polar surface area (TPSA) is 88.4 Å². The molecule has 0 bridgehead atoms. The number of ether oxygens (including phenoxy) is 3. The fraction of sp³-hybridized carbons (Fsp3) is 0.385. The molecule has 32 heavy (non-hydrogen) atoms. The standard InChI is InChI=1S/C26H30O6/c1-7-26(4,5)18-11-15-17-12-31-23-16(22(17)32-24(15)21(29)25(18)30-6)10-14(9-8-13(2)3)19(27)20(23)28/h7-8,10-11,17,22,27-29H,1,9,12H2,2-6H3/t17-,22+/m1/s1. The molecule has 3 N–H and O–H groups in total. The normalized spacial score (nSPS) is 18.5. The molecule has 2 aromatic carbocycles. The Morgan fingerprint density at radius 2 is 1.84 bits per heavy atom. The summed E-state index contributed by atoms with van der Waals surface area (Å²) in [5.74, 6) is 0.215. The van der Waals surface area contributed by atoms with Crippen LogP contribution in [-0.2, 0) is 11.8 Å². The van der Waals surface area contributed by atoms with Crippen LogP contribution in [0.1, 0.15) is 62.0 Å². The van der Waals surface area contributed by atoms with E-state index < -0.39 is 11.5 Å². The highest BCUT2D eigenvalue weighted by Crippen LogP contribution is 2.60. The van der Waals surface area contributed by atoms with E-state index in [0.717, 1.165) is 16.7 Å². The van der Waals surface area contributed by atoms with Crippen molar-refractivity contribution in [3.05, 3.63) is 58.7 Å². The van der Waals surface area contributed by atoms with Crippen LogP contribution < -0.4 is 14.2 Å². The fourth-order valence-corrected chi connectivity index (χ4v) is 4.40. The molecule has 0 saturated heterocycles. The number of aromatic hydroxyl groups is 3. The van der Waals surface area contributed by atoms with Crippen molar-refractivity contribution in [3.63, 3.8) is 0 Å². The number of allylic oxidation sites excluding steroid dienone is 3. The maximum absolute atomic E-state index is 11.0. The quantitative estimate of drug-likeness (QED) is 0.428. The molecule has 6 heteroatoms. The van der Waals surface area contributed by atoms with Gasteiger partial charge in [0.05, 0.1) is 19.6 Å². The maximum atomic E-state index is 11.0. The lowest BCUT2D eigenvalue weighted by molar-refractivity contribution is 0.133. The minimum absolute atomic E-state index is 0.0568. The number of hydrogen-bond acceptors (Lipinski definition) is 6. The third-order valence-corrected chi connectivity index (χ3v) is 6.43. The number of methoxy groups -OCH3 is 1. The molecule has 0 aliphatic carbocycles. The van der Waals surface area contributed by atoms with Gasteiger partial charge >= 0.3 is 0 Å². The average molecular weight is 439 g/mol. The SMILES string of the molecule is C=CC(C)(C)c1cc2c(c(O)c1OC)O[C@H]1c3cc(CC=C(C)C)c(O)c(O)c3OC[C@H]21. The molecule has 2 heterocycles. The predicted molar refractivity (Wildman–Crippen MR) is 122 cm³/mol. The highest BCUT2D eigenvalue weighted by atomic mass is 16.5. The Labute approximate surface area is 188 Å². The van der Waals surface area contributed by atoms with Crippen molar-refractivity contribution in [1.82, 2.24) is 0 Å². The fourth-order valence-electron chi connectivity index (χ4n) is 4.40. The molecule has 0 unspecified atom stereocenters. The molecule has 170 valence electrons. The van der Waals surface area contributed by atoms with E-state index in [1.807, 2.05) is 52.0 Å². The summed E-state index contributed by atoms with van der Waals surface area (Å²) in [6, 6.07) is 3.80. The van der Waals surface area contributed by atoms with E-state index in [2.05, 4.69) is 6.58 Å². The number of fused-ring (bicyclic) bond motifs is 5. The molecule has 2 aromatic rings.